The lowest BCUT2D eigenvalue weighted by atomic mass is 9.92. The number of allylic oxidation sites excluding steroid dienone is 1. The van der Waals surface area contributed by atoms with Gasteiger partial charge >= 0.3 is 5.97 Å². The molecule has 0 aromatic heterocycles. The molecule has 0 radical (unpaired) electrons. The lowest BCUT2D eigenvalue weighted by Crippen LogP contribution is -2.37. The first-order chi connectivity index (χ1) is 9.59. The molecule has 5 heteroatoms. The molecule has 0 aromatic rings. The monoisotopic (exact) mass is 258 g/mol. The first-order valence-corrected chi connectivity index (χ1v) is 5.97. The second-order valence-electron chi connectivity index (χ2n) is 4.47. The van der Waals surface area contributed by atoms with E-state index < -0.39 is 25.4 Å². The summed E-state index contributed by atoms with van der Waals surface area (Å²) in [5.74, 6) is -0.863. The van der Waals surface area contributed by atoms with E-state index in [2.05, 4.69) is 13.5 Å². The highest BCUT2D eigenvalue weighted by molar-refractivity contribution is 5.80. The Balaban J connectivity index is 4.31. The fraction of sp³-hybridized carbons (Fsp3) is 0.692. The summed E-state index contributed by atoms with van der Waals surface area (Å²) in [5.41, 5.74) is 5.16. The van der Waals surface area contributed by atoms with E-state index in [9.17, 15) is 4.79 Å². The smallest absolute Gasteiger partial charge is 0.325 e. The topological polar surface area (TPSA) is 79.4 Å². The van der Waals surface area contributed by atoms with Crippen molar-refractivity contribution in [1.82, 2.24) is 4.90 Å². The number of hydrogen-bond acceptors (Lipinski definition) is 3. The molecule has 0 aliphatic carbocycles. The largest absolute Gasteiger partial charge is 0.464 e. The Hall–Kier alpha value is -1.52. The van der Waals surface area contributed by atoms with Crippen molar-refractivity contribution in [3.8, 4) is 0 Å². The van der Waals surface area contributed by atoms with Crippen molar-refractivity contribution in [3.63, 3.8) is 0 Å². The number of nitrogens with one attached hydrogen (secondary N) is 1. The molecule has 2 atom stereocenters. The van der Waals surface area contributed by atoms with Gasteiger partial charge in [0, 0.05) is 11.1 Å². The molecule has 0 saturated carbocycles. The molecule has 0 aromatic carbocycles. The van der Waals surface area contributed by atoms with E-state index in [0.717, 1.165) is 12.8 Å². The van der Waals surface area contributed by atoms with Crippen LogP contribution in [0.25, 0.3) is 0 Å². The average Bonchev–Trinajstić information content (AvgIpc) is 2.37. The fourth-order valence-corrected chi connectivity index (χ4v) is 1.31. The van der Waals surface area contributed by atoms with Crippen LogP contribution >= 0.6 is 0 Å². The summed E-state index contributed by atoms with van der Waals surface area (Å²) < 4.78 is 26.7. The fourth-order valence-electron chi connectivity index (χ4n) is 1.31. The zero-order valence-electron chi connectivity index (χ0n) is 14.1. The van der Waals surface area contributed by atoms with Crippen LogP contribution in [0.15, 0.2) is 12.7 Å². The number of esters is 1. The van der Waals surface area contributed by atoms with Gasteiger partial charge in [0.1, 0.15) is 6.54 Å². The molecule has 0 rings (SSSR count). The first-order valence-electron chi connectivity index (χ1n) is 7.47. The maximum absolute atomic E-state index is 11.7. The first kappa shape index (κ1) is 11.6. The van der Waals surface area contributed by atoms with Gasteiger partial charge in [0.05, 0.1) is 6.61 Å². The Morgan fingerprint density at radius 2 is 2.28 bits per heavy atom. The summed E-state index contributed by atoms with van der Waals surface area (Å²) in [7, 11) is 0. The van der Waals surface area contributed by atoms with Gasteiger partial charge in [-0.1, -0.05) is 19.9 Å². The molecular formula is C13H25N3O2. The van der Waals surface area contributed by atoms with Crippen molar-refractivity contribution in [3.05, 3.63) is 12.7 Å². The Bertz CT molecular complexity index is 372. The minimum absolute atomic E-state index is 0.160. The van der Waals surface area contributed by atoms with Crippen LogP contribution in [0.3, 0.4) is 0 Å². The molecule has 3 N–H and O–H groups in total. The molecule has 0 spiro atoms. The van der Waals surface area contributed by atoms with E-state index in [1.807, 2.05) is 13.0 Å². The van der Waals surface area contributed by atoms with Gasteiger partial charge in [-0.3, -0.25) is 10.2 Å². The number of hydrogen-bond donors (Lipinski definition) is 2. The number of nitrogens with zero attached hydrogens (tertiary/aromatic N) is 1. The second kappa shape index (κ2) is 8.55. The highest BCUT2D eigenvalue weighted by Crippen LogP contribution is 2.17. The van der Waals surface area contributed by atoms with E-state index in [4.69, 9.17) is 20.0 Å². The van der Waals surface area contributed by atoms with Crippen LogP contribution in [0.2, 0.25) is 0 Å². The van der Waals surface area contributed by atoms with Gasteiger partial charge in [0.2, 0.25) is 0 Å². The van der Waals surface area contributed by atoms with Gasteiger partial charge in [-0.15, -0.1) is 6.58 Å². The van der Waals surface area contributed by atoms with Gasteiger partial charge in [-0.05, 0) is 24.7 Å². The SMILES string of the molecule is [2H]C([2H])([2H])N(CC(=O)OC[C@@H](C)[C@H](C)CCC=C)C(=N)N. The third kappa shape index (κ3) is 6.93. The van der Waals surface area contributed by atoms with Gasteiger partial charge in [-0.2, -0.15) is 0 Å². The third-order valence-corrected chi connectivity index (χ3v) is 2.88. The van der Waals surface area contributed by atoms with Crippen molar-refractivity contribution in [2.75, 3.05) is 20.1 Å². The molecule has 0 fully saturated rings. The van der Waals surface area contributed by atoms with Gasteiger partial charge in [-0.25, -0.2) is 0 Å². The van der Waals surface area contributed by atoms with Gasteiger partial charge in [0.15, 0.2) is 5.96 Å². The molecule has 0 saturated heterocycles. The standard InChI is InChI=1S/C13H25N3O2/c1-5-6-7-10(2)11(3)9-18-12(17)8-16(4)13(14)15/h5,10-11H,1,6-9H2,2-4H3,(H3,14,15)/t10-,11-/m1/s1/i4D3. The van der Waals surface area contributed by atoms with Crippen molar-refractivity contribution in [2.45, 2.75) is 26.7 Å². The van der Waals surface area contributed by atoms with Gasteiger partial charge < -0.3 is 15.4 Å². The van der Waals surface area contributed by atoms with Crippen LogP contribution in [0, 0.1) is 17.2 Å². The molecule has 0 bridgehead atoms. The lowest BCUT2D eigenvalue weighted by molar-refractivity contribution is -0.145. The van der Waals surface area contributed by atoms with Gasteiger partial charge in [0.25, 0.3) is 0 Å². The van der Waals surface area contributed by atoms with E-state index >= 15 is 0 Å². The van der Waals surface area contributed by atoms with Crippen LogP contribution in [0.4, 0.5) is 0 Å². The number of carbonyl (C=O) groups excluding carboxylic acids is 1. The van der Waals surface area contributed by atoms with Crippen molar-refractivity contribution < 1.29 is 13.6 Å². The molecule has 18 heavy (non-hydrogen) atoms. The van der Waals surface area contributed by atoms with Crippen LogP contribution < -0.4 is 5.73 Å². The Morgan fingerprint density at radius 3 is 2.78 bits per heavy atom. The number of ether oxygens (including phenoxy) is 1. The number of carbonyl (C=O) groups is 1. The number of likely N-dealkylation sites (N-methyl/N-ethyl adjacent to an activating group) is 1. The van der Waals surface area contributed by atoms with E-state index in [0.29, 0.717) is 10.8 Å². The predicted molar refractivity (Wildman–Crippen MR) is 73.3 cm³/mol. The zero-order valence-corrected chi connectivity index (χ0v) is 11.1. The number of guanidine groups is 1. The number of rotatable bonds is 8. The normalized spacial score (nSPS) is 16.7. The summed E-state index contributed by atoms with van der Waals surface area (Å²) in [5, 5.41) is 7.19. The summed E-state index contributed by atoms with van der Waals surface area (Å²) in [6.45, 7) is 4.71. The van der Waals surface area contributed by atoms with Crippen LogP contribution in [-0.4, -0.2) is 37.0 Å². The van der Waals surface area contributed by atoms with E-state index in [1.54, 1.807) is 0 Å². The Morgan fingerprint density at radius 1 is 1.61 bits per heavy atom. The number of nitrogens with two attached hydrogens (primary N) is 1. The lowest BCUT2D eigenvalue weighted by Gasteiger charge is -2.20. The van der Waals surface area contributed by atoms with Crippen molar-refractivity contribution in [1.29, 1.82) is 5.41 Å². The van der Waals surface area contributed by atoms with E-state index in [1.165, 1.54) is 0 Å². The average molecular weight is 258 g/mol. The summed E-state index contributed by atoms with van der Waals surface area (Å²) in [6, 6.07) is 0. The molecule has 0 aliphatic rings. The molecular weight excluding hydrogens is 230 g/mol. The van der Waals surface area contributed by atoms with Crippen molar-refractivity contribution >= 4 is 11.9 Å². The highest BCUT2D eigenvalue weighted by Gasteiger charge is 2.15. The zero-order chi connectivity index (χ0) is 16.6. The molecule has 0 aliphatic heterocycles. The van der Waals surface area contributed by atoms with E-state index in [-0.39, 0.29) is 12.5 Å². The summed E-state index contributed by atoms with van der Waals surface area (Å²) in [6.07, 6.45) is 3.70. The molecule has 0 amide bonds. The van der Waals surface area contributed by atoms with Crippen LogP contribution in [0.5, 0.6) is 0 Å². The molecule has 0 heterocycles. The highest BCUT2D eigenvalue weighted by atomic mass is 16.5. The second-order valence-corrected chi connectivity index (χ2v) is 4.47. The third-order valence-electron chi connectivity index (χ3n) is 2.88. The summed E-state index contributed by atoms with van der Waals surface area (Å²) in [4.78, 5) is 12.2. The molecule has 5 nitrogen and oxygen atoms in total. The van der Waals surface area contributed by atoms with Crippen LogP contribution in [0.1, 0.15) is 30.8 Å². The minimum atomic E-state index is -2.63. The predicted octanol–water partition coefficient (Wildman–Crippen LogP) is 1.59. The quantitative estimate of drug-likeness (QED) is 0.300. The maximum atomic E-state index is 11.7. The molecule has 0 unspecified atom stereocenters. The Labute approximate surface area is 114 Å². The Kier molecular flexibility index (Phi) is 5.49. The minimum Gasteiger partial charge on any atom is -0.464 e. The summed E-state index contributed by atoms with van der Waals surface area (Å²) >= 11 is 0. The van der Waals surface area contributed by atoms with Crippen LogP contribution in [-0.2, 0) is 9.53 Å². The molecule has 104 valence electrons. The van der Waals surface area contributed by atoms with Crippen molar-refractivity contribution in [2.24, 2.45) is 17.6 Å². The maximum Gasteiger partial charge on any atom is 0.325 e.